The smallest absolute Gasteiger partial charge is 0.187 e. The number of ether oxygens (including phenoxy) is 6. The fraction of sp³-hybridized carbons (Fsp3) is 1.00. The average Bonchev–Trinajstić information content (AvgIpc) is 3.55. The molecule has 8 rings (SSSR count). The summed E-state index contributed by atoms with van der Waals surface area (Å²) in [6.07, 6.45) is -7.30. The van der Waals surface area contributed by atoms with E-state index >= 15 is 0 Å². The quantitative estimate of drug-likeness (QED) is 0.173. The Balaban J connectivity index is 0.956. The average molecular weight is 757 g/mol. The summed E-state index contributed by atoms with van der Waals surface area (Å²) in [6.45, 7) is 8.83. The van der Waals surface area contributed by atoms with Crippen molar-refractivity contribution < 1.29 is 69.3 Å². The molecule has 4 saturated heterocycles. The van der Waals surface area contributed by atoms with Crippen LogP contribution in [0.3, 0.4) is 0 Å². The van der Waals surface area contributed by atoms with E-state index in [-0.39, 0.29) is 40.8 Å². The van der Waals surface area contributed by atoms with Gasteiger partial charge in [0.25, 0.3) is 0 Å². The Kier molecular flexibility index (Phi) is 10.6. The highest BCUT2D eigenvalue weighted by Crippen LogP contribution is 2.71. The van der Waals surface area contributed by atoms with Crippen LogP contribution in [0.2, 0.25) is 0 Å². The van der Waals surface area contributed by atoms with Gasteiger partial charge in [0.2, 0.25) is 0 Å². The van der Waals surface area contributed by atoms with Gasteiger partial charge < -0.3 is 69.3 Å². The van der Waals surface area contributed by atoms with E-state index in [9.17, 15) is 40.9 Å². The molecule has 0 aromatic heterocycles. The monoisotopic (exact) mass is 756 g/mol. The molecule has 0 radical (unpaired) electrons. The first-order valence-electron chi connectivity index (χ1n) is 20.4. The van der Waals surface area contributed by atoms with Crippen molar-refractivity contribution in [1.82, 2.24) is 0 Å². The maximum atomic E-state index is 12.1. The van der Waals surface area contributed by atoms with Crippen LogP contribution in [0.15, 0.2) is 0 Å². The molecule has 53 heavy (non-hydrogen) atoms. The van der Waals surface area contributed by atoms with Crippen molar-refractivity contribution in [2.75, 3.05) is 19.8 Å². The summed E-state index contributed by atoms with van der Waals surface area (Å²) in [5.41, 5.74) is 0.0217. The van der Waals surface area contributed by atoms with Gasteiger partial charge in [0, 0.05) is 18.3 Å². The molecule has 4 saturated carbocycles. The van der Waals surface area contributed by atoms with Crippen LogP contribution < -0.4 is 0 Å². The minimum Gasteiger partial charge on any atom is -0.394 e. The summed E-state index contributed by atoms with van der Waals surface area (Å²) < 4.78 is 37.3. The second-order valence-electron chi connectivity index (χ2n) is 18.8. The summed E-state index contributed by atoms with van der Waals surface area (Å²) in [6, 6.07) is 0. The molecule has 8 N–H and O–H groups in total. The first-order chi connectivity index (χ1) is 25.2. The van der Waals surface area contributed by atoms with Gasteiger partial charge in [-0.3, -0.25) is 0 Å². The predicted octanol–water partition coefficient (Wildman–Crippen LogP) is 0.413. The largest absolute Gasteiger partial charge is 0.394 e. The van der Waals surface area contributed by atoms with Gasteiger partial charge in [-0.1, -0.05) is 27.7 Å². The molecular formula is C39H64O14. The minimum absolute atomic E-state index is 0.0208. The van der Waals surface area contributed by atoms with Crippen molar-refractivity contribution in [2.24, 2.45) is 52.3 Å². The topological polar surface area (TPSA) is 217 Å². The summed E-state index contributed by atoms with van der Waals surface area (Å²) in [4.78, 5) is 0. The maximum absolute atomic E-state index is 12.1. The summed E-state index contributed by atoms with van der Waals surface area (Å²) >= 11 is 0. The number of hydrogen-bond acceptors (Lipinski definition) is 14. The molecule has 0 bridgehead atoms. The zero-order valence-electron chi connectivity index (χ0n) is 31.6. The van der Waals surface area contributed by atoms with Crippen molar-refractivity contribution in [3.63, 3.8) is 0 Å². The van der Waals surface area contributed by atoms with Crippen molar-refractivity contribution in [2.45, 2.75) is 171 Å². The molecule has 14 nitrogen and oxygen atoms in total. The Labute approximate surface area is 312 Å². The third kappa shape index (κ3) is 6.11. The fourth-order valence-electron chi connectivity index (χ4n) is 13.2. The van der Waals surface area contributed by atoms with E-state index in [0.29, 0.717) is 36.7 Å². The third-order valence-electron chi connectivity index (χ3n) is 16.2. The molecule has 1 unspecified atom stereocenters. The highest BCUT2D eigenvalue weighted by molar-refractivity contribution is 5.18. The second-order valence-corrected chi connectivity index (χ2v) is 18.8. The van der Waals surface area contributed by atoms with E-state index < -0.39 is 86.5 Å². The lowest BCUT2D eigenvalue weighted by Crippen LogP contribution is -2.65. The SMILES string of the molecule is CC1CC[C@@]2(OC1)O[C@H]1[C@H](O)[C@H]3[C@@H]4CC[C@@H]5C[C@@H](O[C@@H]6O[C@H](CO)[C@H](O)[C@H](O)[C@H]6O[C@@H]6O[C@H](CO)[C@@H](O)[C@H](O)[C@H]6O)CC[C@]5(C)[C@H]4CC[C@]3(C)[C@H]1[C@@H]2C. The van der Waals surface area contributed by atoms with Crippen LogP contribution in [-0.4, -0.2) is 146 Å². The first kappa shape index (κ1) is 39.3. The van der Waals surface area contributed by atoms with E-state index in [1.165, 1.54) is 0 Å². The van der Waals surface area contributed by atoms with Crippen molar-refractivity contribution >= 4 is 0 Å². The Morgan fingerprint density at radius 2 is 1.34 bits per heavy atom. The number of aliphatic hydroxyl groups excluding tert-OH is 8. The number of rotatable bonds is 6. The second kappa shape index (κ2) is 14.4. The lowest BCUT2D eigenvalue weighted by molar-refractivity contribution is -0.373. The molecule has 8 fully saturated rings. The molecule has 1 spiro atoms. The normalized spacial score (nSPS) is 59.5. The molecular weight excluding hydrogens is 692 g/mol. The van der Waals surface area contributed by atoms with Crippen molar-refractivity contribution in [1.29, 1.82) is 0 Å². The first-order valence-corrected chi connectivity index (χ1v) is 20.4. The molecule has 23 atom stereocenters. The number of aliphatic hydroxyl groups is 8. The molecule has 8 aliphatic rings. The van der Waals surface area contributed by atoms with E-state index in [1.54, 1.807) is 0 Å². The Morgan fingerprint density at radius 3 is 2.02 bits per heavy atom. The molecule has 4 aliphatic carbocycles. The van der Waals surface area contributed by atoms with Gasteiger partial charge in [0.05, 0.1) is 38.1 Å². The fourth-order valence-corrected chi connectivity index (χ4v) is 13.2. The Morgan fingerprint density at radius 1 is 0.660 bits per heavy atom. The van der Waals surface area contributed by atoms with Crippen LogP contribution in [0, 0.1) is 52.3 Å². The van der Waals surface area contributed by atoms with Gasteiger partial charge in [-0.05, 0) is 91.8 Å². The lowest BCUT2D eigenvalue weighted by atomic mass is 9.44. The Bertz CT molecular complexity index is 1300. The minimum atomic E-state index is -1.73. The van der Waals surface area contributed by atoms with Crippen molar-refractivity contribution in [3.8, 4) is 0 Å². The molecule has 0 amide bonds. The van der Waals surface area contributed by atoms with E-state index in [4.69, 9.17) is 28.4 Å². The highest BCUT2D eigenvalue weighted by atomic mass is 16.8. The Hall–Kier alpha value is -0.560. The third-order valence-corrected chi connectivity index (χ3v) is 16.2. The van der Waals surface area contributed by atoms with Crippen LogP contribution in [0.5, 0.6) is 0 Å². The maximum Gasteiger partial charge on any atom is 0.187 e. The lowest BCUT2D eigenvalue weighted by Gasteiger charge is -2.61. The molecule has 0 aromatic carbocycles. The van der Waals surface area contributed by atoms with Gasteiger partial charge in [-0.25, -0.2) is 0 Å². The van der Waals surface area contributed by atoms with Crippen LogP contribution >= 0.6 is 0 Å². The predicted molar refractivity (Wildman–Crippen MR) is 184 cm³/mol. The van der Waals surface area contributed by atoms with Gasteiger partial charge in [0.1, 0.15) is 48.8 Å². The highest BCUT2D eigenvalue weighted by Gasteiger charge is 2.72. The zero-order chi connectivity index (χ0) is 37.8. The van der Waals surface area contributed by atoms with Crippen LogP contribution in [0.4, 0.5) is 0 Å². The molecule has 14 heteroatoms. The van der Waals surface area contributed by atoms with E-state index in [2.05, 4.69) is 27.7 Å². The van der Waals surface area contributed by atoms with E-state index in [1.807, 2.05) is 0 Å². The van der Waals surface area contributed by atoms with Crippen LogP contribution in [0.25, 0.3) is 0 Å². The van der Waals surface area contributed by atoms with Gasteiger partial charge in [-0.15, -0.1) is 0 Å². The number of hydrogen-bond donors (Lipinski definition) is 8. The van der Waals surface area contributed by atoms with Crippen molar-refractivity contribution in [3.05, 3.63) is 0 Å². The van der Waals surface area contributed by atoms with Gasteiger partial charge >= 0.3 is 0 Å². The van der Waals surface area contributed by atoms with Crippen LogP contribution in [0.1, 0.15) is 85.5 Å². The molecule has 4 heterocycles. The summed E-state index contributed by atoms with van der Waals surface area (Å²) in [7, 11) is 0. The van der Waals surface area contributed by atoms with Gasteiger partial charge in [0.15, 0.2) is 18.4 Å². The molecule has 304 valence electrons. The zero-order valence-corrected chi connectivity index (χ0v) is 31.6. The molecule has 4 aliphatic heterocycles. The summed E-state index contributed by atoms with van der Waals surface area (Å²) in [5, 5.41) is 84.8. The molecule has 0 aromatic rings. The number of fused-ring (bicyclic) bond motifs is 7. The van der Waals surface area contributed by atoms with Crippen LogP contribution in [-0.2, 0) is 28.4 Å². The van der Waals surface area contributed by atoms with E-state index in [0.717, 1.165) is 51.4 Å². The summed E-state index contributed by atoms with van der Waals surface area (Å²) in [5.74, 6) is 1.79. The van der Waals surface area contributed by atoms with Gasteiger partial charge in [-0.2, -0.15) is 0 Å². The standard InChI is InChI=1S/C39H64O14/c1-17-7-12-39(48-16-17)18(2)25-33(53-39)29(44)26-21-6-5-19-13-20(8-10-37(19,3)22(21)9-11-38(25,26)4)49-36-34(31(46)28(43)24(15-41)51-36)52-35-32(47)30(45)27(42)23(14-40)50-35/h17-36,40-47H,5-16H2,1-4H3/t17?,18-,19+,20-,21+,22-,23+,24+,25-,26+,27+,28-,29+,30-,31-,32+,33+,34+,35-,36+,37-,38+,39+/m0/s1.